The molecule has 3 nitrogen and oxygen atoms in total. The van der Waals surface area contributed by atoms with E-state index in [1.54, 1.807) is 7.11 Å². The standard InChI is InChI=1S/C13H27NO2/c1-3-5-13(6-7-13)12-14-8-4-9-16-11-10-15-2/h14H,3-12H2,1-2H3. The summed E-state index contributed by atoms with van der Waals surface area (Å²) in [6.07, 6.45) is 6.68. The monoisotopic (exact) mass is 229 g/mol. The van der Waals surface area contributed by atoms with Crippen molar-refractivity contribution in [2.45, 2.75) is 39.0 Å². The van der Waals surface area contributed by atoms with Crippen LogP contribution in [0.4, 0.5) is 0 Å². The van der Waals surface area contributed by atoms with E-state index in [0.29, 0.717) is 12.0 Å². The summed E-state index contributed by atoms with van der Waals surface area (Å²) in [6.45, 7) is 6.83. The molecule has 0 amide bonds. The molecule has 1 fully saturated rings. The molecule has 0 aromatic rings. The molecule has 16 heavy (non-hydrogen) atoms. The number of hydrogen-bond donors (Lipinski definition) is 1. The number of nitrogens with one attached hydrogen (secondary N) is 1. The average molecular weight is 229 g/mol. The maximum absolute atomic E-state index is 5.40. The van der Waals surface area contributed by atoms with Crippen molar-refractivity contribution in [2.24, 2.45) is 5.41 Å². The molecule has 0 aliphatic heterocycles. The Kier molecular flexibility index (Phi) is 7.01. The molecule has 1 aliphatic rings. The molecule has 0 aromatic carbocycles. The molecule has 0 heterocycles. The molecular formula is C13H27NO2. The zero-order chi connectivity index (χ0) is 11.7. The minimum Gasteiger partial charge on any atom is -0.382 e. The van der Waals surface area contributed by atoms with Crippen LogP contribution in [0.3, 0.4) is 0 Å². The zero-order valence-corrected chi connectivity index (χ0v) is 10.9. The molecule has 1 saturated carbocycles. The van der Waals surface area contributed by atoms with Crippen LogP contribution in [0.15, 0.2) is 0 Å². The van der Waals surface area contributed by atoms with Gasteiger partial charge < -0.3 is 14.8 Å². The molecular weight excluding hydrogens is 202 g/mol. The van der Waals surface area contributed by atoms with Crippen LogP contribution in [0.2, 0.25) is 0 Å². The summed E-state index contributed by atoms with van der Waals surface area (Å²) in [5.74, 6) is 0. The van der Waals surface area contributed by atoms with Crippen molar-refractivity contribution in [2.75, 3.05) is 40.0 Å². The molecule has 0 saturated heterocycles. The first-order valence-corrected chi connectivity index (χ1v) is 6.60. The maximum atomic E-state index is 5.40. The second kappa shape index (κ2) is 8.04. The topological polar surface area (TPSA) is 30.5 Å². The van der Waals surface area contributed by atoms with E-state index >= 15 is 0 Å². The highest BCUT2D eigenvalue weighted by Gasteiger charge is 2.40. The first-order chi connectivity index (χ1) is 7.83. The fourth-order valence-corrected chi connectivity index (χ4v) is 2.12. The van der Waals surface area contributed by atoms with Crippen molar-refractivity contribution in [3.8, 4) is 0 Å². The molecule has 0 radical (unpaired) electrons. The van der Waals surface area contributed by atoms with Gasteiger partial charge in [0.1, 0.15) is 0 Å². The maximum Gasteiger partial charge on any atom is 0.0700 e. The van der Waals surface area contributed by atoms with E-state index in [4.69, 9.17) is 9.47 Å². The van der Waals surface area contributed by atoms with Gasteiger partial charge in [-0.1, -0.05) is 13.3 Å². The highest BCUT2D eigenvalue weighted by atomic mass is 16.5. The minimum atomic E-state index is 0.672. The summed E-state index contributed by atoms with van der Waals surface area (Å²) in [5.41, 5.74) is 0.672. The largest absolute Gasteiger partial charge is 0.382 e. The number of methoxy groups -OCH3 is 1. The first kappa shape index (κ1) is 13.9. The van der Waals surface area contributed by atoms with Crippen LogP contribution in [0.5, 0.6) is 0 Å². The summed E-state index contributed by atoms with van der Waals surface area (Å²) in [5, 5.41) is 3.55. The van der Waals surface area contributed by atoms with Gasteiger partial charge in [0.2, 0.25) is 0 Å². The fourth-order valence-electron chi connectivity index (χ4n) is 2.12. The third kappa shape index (κ3) is 5.83. The van der Waals surface area contributed by atoms with E-state index in [1.807, 2.05) is 0 Å². The second-order valence-electron chi connectivity index (χ2n) is 4.89. The fraction of sp³-hybridized carbons (Fsp3) is 1.00. The normalized spacial score (nSPS) is 17.6. The van der Waals surface area contributed by atoms with E-state index in [0.717, 1.165) is 26.2 Å². The second-order valence-corrected chi connectivity index (χ2v) is 4.89. The number of rotatable bonds is 11. The van der Waals surface area contributed by atoms with Crippen LogP contribution in [0.1, 0.15) is 39.0 Å². The molecule has 0 aromatic heterocycles. The van der Waals surface area contributed by atoms with E-state index in [9.17, 15) is 0 Å². The van der Waals surface area contributed by atoms with Gasteiger partial charge >= 0.3 is 0 Å². The van der Waals surface area contributed by atoms with Crippen molar-refractivity contribution < 1.29 is 9.47 Å². The smallest absolute Gasteiger partial charge is 0.0700 e. The molecule has 1 aliphatic carbocycles. The highest BCUT2D eigenvalue weighted by molar-refractivity contribution is 4.94. The molecule has 0 spiro atoms. The lowest BCUT2D eigenvalue weighted by molar-refractivity contribution is 0.0694. The molecule has 1 rings (SSSR count). The Morgan fingerprint density at radius 2 is 2.00 bits per heavy atom. The highest BCUT2D eigenvalue weighted by Crippen LogP contribution is 2.48. The van der Waals surface area contributed by atoms with Gasteiger partial charge in [0.25, 0.3) is 0 Å². The molecule has 3 heteroatoms. The van der Waals surface area contributed by atoms with Gasteiger partial charge in [-0.05, 0) is 37.6 Å². The molecule has 0 unspecified atom stereocenters. The van der Waals surface area contributed by atoms with Crippen LogP contribution in [0.25, 0.3) is 0 Å². The van der Waals surface area contributed by atoms with Crippen molar-refractivity contribution in [1.82, 2.24) is 5.32 Å². The third-order valence-electron chi connectivity index (χ3n) is 3.31. The first-order valence-electron chi connectivity index (χ1n) is 6.60. The lowest BCUT2D eigenvalue weighted by Gasteiger charge is -2.14. The Bertz CT molecular complexity index is 169. The van der Waals surface area contributed by atoms with Gasteiger partial charge in [-0.2, -0.15) is 0 Å². The van der Waals surface area contributed by atoms with Gasteiger partial charge in [-0.15, -0.1) is 0 Å². The Morgan fingerprint density at radius 3 is 2.62 bits per heavy atom. The van der Waals surface area contributed by atoms with Crippen LogP contribution < -0.4 is 5.32 Å². The Labute approximate surface area is 99.9 Å². The predicted octanol–water partition coefficient (Wildman–Crippen LogP) is 2.21. The summed E-state index contributed by atoms with van der Waals surface area (Å²) < 4.78 is 10.3. The predicted molar refractivity (Wildman–Crippen MR) is 66.8 cm³/mol. The van der Waals surface area contributed by atoms with Gasteiger partial charge in [-0.3, -0.25) is 0 Å². The van der Waals surface area contributed by atoms with Gasteiger partial charge in [0, 0.05) is 20.3 Å². The van der Waals surface area contributed by atoms with Crippen LogP contribution in [-0.2, 0) is 9.47 Å². The van der Waals surface area contributed by atoms with Gasteiger partial charge in [0.15, 0.2) is 0 Å². The van der Waals surface area contributed by atoms with Crippen molar-refractivity contribution in [1.29, 1.82) is 0 Å². The number of ether oxygens (including phenoxy) is 2. The van der Waals surface area contributed by atoms with E-state index in [-0.39, 0.29) is 0 Å². The minimum absolute atomic E-state index is 0.672. The third-order valence-corrected chi connectivity index (χ3v) is 3.31. The average Bonchev–Trinajstić information content (AvgIpc) is 3.03. The van der Waals surface area contributed by atoms with E-state index < -0.39 is 0 Å². The lowest BCUT2D eigenvalue weighted by Crippen LogP contribution is -2.25. The van der Waals surface area contributed by atoms with Crippen LogP contribution >= 0.6 is 0 Å². The van der Waals surface area contributed by atoms with E-state index in [1.165, 1.54) is 32.2 Å². The SMILES string of the molecule is CCCC1(CNCCCOCCOC)CC1. The summed E-state index contributed by atoms with van der Waals surface area (Å²) in [6, 6.07) is 0. The molecule has 96 valence electrons. The Hall–Kier alpha value is -0.120. The van der Waals surface area contributed by atoms with Crippen LogP contribution in [-0.4, -0.2) is 40.0 Å². The summed E-state index contributed by atoms with van der Waals surface area (Å²) in [7, 11) is 1.70. The summed E-state index contributed by atoms with van der Waals surface area (Å²) >= 11 is 0. The van der Waals surface area contributed by atoms with Crippen LogP contribution in [0, 0.1) is 5.41 Å². The zero-order valence-electron chi connectivity index (χ0n) is 10.9. The summed E-state index contributed by atoms with van der Waals surface area (Å²) in [4.78, 5) is 0. The van der Waals surface area contributed by atoms with E-state index in [2.05, 4.69) is 12.2 Å². The number of hydrogen-bond acceptors (Lipinski definition) is 3. The van der Waals surface area contributed by atoms with Crippen molar-refractivity contribution in [3.63, 3.8) is 0 Å². The van der Waals surface area contributed by atoms with Gasteiger partial charge in [0.05, 0.1) is 13.2 Å². The van der Waals surface area contributed by atoms with Crippen molar-refractivity contribution >= 4 is 0 Å². The van der Waals surface area contributed by atoms with Gasteiger partial charge in [-0.25, -0.2) is 0 Å². The van der Waals surface area contributed by atoms with Crippen molar-refractivity contribution in [3.05, 3.63) is 0 Å². The quantitative estimate of drug-likeness (QED) is 0.551. The lowest BCUT2D eigenvalue weighted by atomic mass is 10.0. The Morgan fingerprint density at radius 1 is 1.19 bits per heavy atom. The Balaban J connectivity index is 1.81. The molecule has 1 N–H and O–H groups in total. The molecule has 0 atom stereocenters. The molecule has 0 bridgehead atoms.